The molecule has 0 aromatic heterocycles. The van der Waals surface area contributed by atoms with Crippen molar-refractivity contribution in [2.75, 3.05) is 20.2 Å². The van der Waals surface area contributed by atoms with Crippen LogP contribution in [0.5, 0.6) is 5.75 Å². The van der Waals surface area contributed by atoms with Crippen LogP contribution in [-0.2, 0) is 0 Å². The predicted molar refractivity (Wildman–Crippen MR) is 70.6 cm³/mol. The van der Waals surface area contributed by atoms with E-state index in [0.29, 0.717) is 24.6 Å². The van der Waals surface area contributed by atoms with Crippen molar-refractivity contribution in [3.05, 3.63) is 29.6 Å². The van der Waals surface area contributed by atoms with Crippen LogP contribution >= 0.6 is 0 Å². The Morgan fingerprint density at radius 3 is 2.84 bits per heavy atom. The van der Waals surface area contributed by atoms with Gasteiger partial charge in [-0.25, -0.2) is 4.39 Å². The molecule has 4 nitrogen and oxygen atoms in total. The lowest BCUT2D eigenvalue weighted by molar-refractivity contribution is 0.0743. The van der Waals surface area contributed by atoms with Crippen LogP contribution in [0.3, 0.4) is 0 Å². The maximum Gasteiger partial charge on any atom is 0.254 e. The molecule has 1 aliphatic heterocycles. The van der Waals surface area contributed by atoms with E-state index in [1.54, 1.807) is 11.0 Å². The highest BCUT2D eigenvalue weighted by Crippen LogP contribution is 2.25. The fraction of sp³-hybridized carbons (Fsp3) is 0.500. The molecule has 0 aliphatic carbocycles. The molecule has 5 heteroatoms. The molecular formula is C14H19FN2O2. The van der Waals surface area contributed by atoms with E-state index in [1.807, 2.05) is 6.92 Å². The lowest BCUT2D eigenvalue weighted by atomic mass is 10.1. The summed E-state index contributed by atoms with van der Waals surface area (Å²) < 4.78 is 18.5. The number of rotatable bonds is 3. The maximum atomic E-state index is 13.6. The molecule has 1 amide bonds. The summed E-state index contributed by atoms with van der Waals surface area (Å²) in [6.45, 7) is 3.21. The van der Waals surface area contributed by atoms with Crippen LogP contribution in [0.1, 0.15) is 23.7 Å². The monoisotopic (exact) mass is 266 g/mol. The number of hydrogen-bond donors (Lipinski definition) is 1. The lowest BCUT2D eigenvalue weighted by Crippen LogP contribution is -2.34. The van der Waals surface area contributed by atoms with Crippen LogP contribution in [0.15, 0.2) is 18.2 Å². The van der Waals surface area contributed by atoms with Crippen LogP contribution in [0, 0.1) is 11.7 Å². The first kappa shape index (κ1) is 13.8. The number of carbonyl (C=O) groups is 1. The van der Waals surface area contributed by atoms with Gasteiger partial charge in [-0.15, -0.1) is 0 Å². The number of methoxy groups -OCH3 is 1. The molecule has 1 aromatic rings. The number of benzene rings is 1. The molecule has 104 valence electrons. The van der Waals surface area contributed by atoms with Gasteiger partial charge in [-0.2, -0.15) is 0 Å². The standard InChI is InChI=1S/C14H19FN2O2/c1-9-5-10(7-16)8-17(9)14(18)11-3-4-13(19-2)12(15)6-11/h3-4,6,9-10H,5,7-8,16H2,1-2H3. The molecule has 1 fully saturated rings. The second-order valence-corrected chi connectivity index (χ2v) is 4.99. The average Bonchev–Trinajstić information content (AvgIpc) is 2.79. The zero-order valence-corrected chi connectivity index (χ0v) is 11.2. The second kappa shape index (κ2) is 5.57. The van der Waals surface area contributed by atoms with Gasteiger partial charge < -0.3 is 15.4 Å². The van der Waals surface area contributed by atoms with E-state index >= 15 is 0 Å². The number of likely N-dealkylation sites (tertiary alicyclic amines) is 1. The highest BCUT2D eigenvalue weighted by molar-refractivity contribution is 5.94. The van der Waals surface area contributed by atoms with E-state index in [9.17, 15) is 9.18 Å². The second-order valence-electron chi connectivity index (χ2n) is 4.99. The Balaban J connectivity index is 2.18. The molecule has 2 N–H and O–H groups in total. The van der Waals surface area contributed by atoms with Gasteiger partial charge in [0, 0.05) is 18.2 Å². The zero-order valence-electron chi connectivity index (χ0n) is 11.2. The molecule has 2 rings (SSSR count). The molecule has 0 radical (unpaired) electrons. The first-order valence-electron chi connectivity index (χ1n) is 6.41. The van der Waals surface area contributed by atoms with Crippen LogP contribution in [-0.4, -0.2) is 37.0 Å². The summed E-state index contributed by atoms with van der Waals surface area (Å²) in [5, 5.41) is 0. The first-order valence-corrected chi connectivity index (χ1v) is 6.41. The van der Waals surface area contributed by atoms with Crippen molar-refractivity contribution < 1.29 is 13.9 Å². The fourth-order valence-corrected chi connectivity index (χ4v) is 2.56. The molecule has 1 heterocycles. The maximum absolute atomic E-state index is 13.6. The summed E-state index contributed by atoms with van der Waals surface area (Å²) in [5.74, 6) is -0.187. The van der Waals surface area contributed by atoms with Crippen molar-refractivity contribution in [3.63, 3.8) is 0 Å². The smallest absolute Gasteiger partial charge is 0.254 e. The third kappa shape index (κ3) is 2.71. The Bertz CT molecular complexity index is 479. The Morgan fingerprint density at radius 2 is 2.32 bits per heavy atom. The van der Waals surface area contributed by atoms with E-state index in [2.05, 4.69) is 0 Å². The fourth-order valence-electron chi connectivity index (χ4n) is 2.56. The van der Waals surface area contributed by atoms with Crippen LogP contribution in [0.4, 0.5) is 4.39 Å². The molecule has 1 saturated heterocycles. The summed E-state index contributed by atoms with van der Waals surface area (Å²) in [4.78, 5) is 14.1. The van der Waals surface area contributed by atoms with Crippen molar-refractivity contribution >= 4 is 5.91 Å². The van der Waals surface area contributed by atoms with Gasteiger partial charge in [0.05, 0.1) is 7.11 Å². The van der Waals surface area contributed by atoms with Gasteiger partial charge >= 0.3 is 0 Å². The van der Waals surface area contributed by atoms with Crippen LogP contribution < -0.4 is 10.5 Å². The van der Waals surface area contributed by atoms with E-state index in [-0.39, 0.29) is 17.7 Å². The number of halogens is 1. The summed E-state index contributed by atoms with van der Waals surface area (Å²) in [6, 6.07) is 4.44. The first-order chi connectivity index (χ1) is 9.06. The van der Waals surface area contributed by atoms with Gasteiger partial charge in [0.2, 0.25) is 0 Å². The molecule has 2 unspecified atom stereocenters. The normalized spacial score (nSPS) is 22.6. The molecule has 1 aromatic carbocycles. The van der Waals surface area contributed by atoms with E-state index in [4.69, 9.17) is 10.5 Å². The molecule has 0 saturated carbocycles. The highest BCUT2D eigenvalue weighted by Gasteiger charge is 2.32. The summed E-state index contributed by atoms with van der Waals surface area (Å²) in [5.41, 5.74) is 5.99. The third-order valence-electron chi connectivity index (χ3n) is 3.65. The van der Waals surface area contributed by atoms with Gasteiger partial charge in [-0.05, 0) is 44.0 Å². The van der Waals surface area contributed by atoms with Crippen molar-refractivity contribution in [2.24, 2.45) is 11.7 Å². The van der Waals surface area contributed by atoms with E-state index in [1.165, 1.54) is 19.2 Å². The van der Waals surface area contributed by atoms with Crippen molar-refractivity contribution in [1.29, 1.82) is 0 Å². The Kier molecular flexibility index (Phi) is 4.04. The minimum atomic E-state index is -0.518. The number of nitrogens with zero attached hydrogens (tertiary/aromatic N) is 1. The van der Waals surface area contributed by atoms with Crippen molar-refractivity contribution in [1.82, 2.24) is 4.90 Å². The van der Waals surface area contributed by atoms with E-state index in [0.717, 1.165) is 6.42 Å². The largest absolute Gasteiger partial charge is 0.494 e. The SMILES string of the molecule is COc1ccc(C(=O)N2CC(CN)CC2C)cc1F. The number of carbonyl (C=O) groups excluding carboxylic acids is 1. The number of amides is 1. The summed E-state index contributed by atoms with van der Waals surface area (Å²) in [7, 11) is 1.40. The van der Waals surface area contributed by atoms with Gasteiger partial charge in [-0.1, -0.05) is 0 Å². The van der Waals surface area contributed by atoms with Gasteiger partial charge in [-0.3, -0.25) is 4.79 Å². The molecular weight excluding hydrogens is 247 g/mol. The molecule has 2 atom stereocenters. The van der Waals surface area contributed by atoms with Gasteiger partial charge in [0.15, 0.2) is 11.6 Å². The molecule has 0 spiro atoms. The Morgan fingerprint density at radius 1 is 1.58 bits per heavy atom. The van der Waals surface area contributed by atoms with Gasteiger partial charge in [0.1, 0.15) is 0 Å². The lowest BCUT2D eigenvalue weighted by Gasteiger charge is -2.21. The van der Waals surface area contributed by atoms with E-state index < -0.39 is 5.82 Å². The average molecular weight is 266 g/mol. The minimum Gasteiger partial charge on any atom is -0.494 e. The van der Waals surface area contributed by atoms with Crippen LogP contribution in [0.25, 0.3) is 0 Å². The molecule has 1 aliphatic rings. The molecule has 19 heavy (non-hydrogen) atoms. The van der Waals surface area contributed by atoms with Crippen molar-refractivity contribution in [3.8, 4) is 5.75 Å². The van der Waals surface area contributed by atoms with Gasteiger partial charge in [0.25, 0.3) is 5.91 Å². The Labute approximate surface area is 112 Å². The zero-order chi connectivity index (χ0) is 14.0. The minimum absolute atomic E-state index is 0.144. The highest BCUT2D eigenvalue weighted by atomic mass is 19.1. The quantitative estimate of drug-likeness (QED) is 0.905. The Hall–Kier alpha value is -1.62. The number of hydrogen-bond acceptors (Lipinski definition) is 3. The number of nitrogens with two attached hydrogens (primary N) is 1. The van der Waals surface area contributed by atoms with Crippen molar-refractivity contribution in [2.45, 2.75) is 19.4 Å². The predicted octanol–water partition coefficient (Wildman–Crippen LogP) is 1.64. The summed E-state index contributed by atoms with van der Waals surface area (Å²) >= 11 is 0. The number of ether oxygens (including phenoxy) is 1. The molecule has 0 bridgehead atoms. The summed E-state index contributed by atoms with van der Waals surface area (Å²) in [6.07, 6.45) is 0.904. The topological polar surface area (TPSA) is 55.6 Å². The third-order valence-corrected chi connectivity index (χ3v) is 3.65. The van der Waals surface area contributed by atoms with Crippen LogP contribution in [0.2, 0.25) is 0 Å².